The van der Waals surface area contributed by atoms with Crippen molar-refractivity contribution >= 4 is 17.4 Å². The maximum Gasteiger partial charge on any atom is 0.174 e. The first-order valence-corrected chi connectivity index (χ1v) is 4.72. The van der Waals surface area contributed by atoms with Crippen molar-refractivity contribution in [3.8, 4) is 11.8 Å². The third-order valence-electron chi connectivity index (χ3n) is 1.92. The van der Waals surface area contributed by atoms with Crippen LogP contribution in [0.3, 0.4) is 0 Å². The topological polar surface area (TPSA) is 17.1 Å². The van der Waals surface area contributed by atoms with Crippen LogP contribution in [0.5, 0.6) is 0 Å². The minimum absolute atomic E-state index is 0.0150. The molecule has 2 heteroatoms. The zero-order valence-electron chi connectivity index (χ0n) is 8.23. The number of aryl methyl sites for hydroxylation is 1. The van der Waals surface area contributed by atoms with E-state index in [1.54, 1.807) is 19.1 Å². The second-order valence-corrected chi connectivity index (χ2v) is 3.40. The van der Waals surface area contributed by atoms with Gasteiger partial charge < -0.3 is 0 Å². The minimum Gasteiger partial charge on any atom is -0.293 e. The molecule has 1 aromatic carbocycles. The lowest BCUT2D eigenvalue weighted by atomic mass is 10.1. The quantitative estimate of drug-likeness (QED) is 0.536. The fraction of sp³-hybridized carbons (Fsp3) is 0.250. The molecule has 0 spiro atoms. The number of carbonyl (C=O) groups excluding carboxylic acids is 1. The lowest BCUT2D eigenvalue weighted by Gasteiger charge is -2.00. The molecule has 0 heterocycles. The Bertz CT molecular complexity index is 410. The van der Waals surface area contributed by atoms with E-state index in [1.807, 2.05) is 13.0 Å². The number of ketones is 1. The summed E-state index contributed by atoms with van der Waals surface area (Å²) in [5.74, 6) is 5.44. The molecule has 0 saturated heterocycles. The number of rotatable bonds is 2. The molecule has 0 aliphatic rings. The van der Waals surface area contributed by atoms with Crippen LogP contribution in [0.15, 0.2) is 18.2 Å². The van der Waals surface area contributed by atoms with Gasteiger partial charge in [0.2, 0.25) is 0 Å². The number of benzene rings is 1. The van der Waals surface area contributed by atoms with Crippen LogP contribution in [0.1, 0.15) is 29.3 Å². The Morgan fingerprint density at radius 1 is 1.50 bits per heavy atom. The molecule has 0 atom stereocenters. The summed E-state index contributed by atoms with van der Waals surface area (Å²) in [5, 5.41) is 0.625. The van der Waals surface area contributed by atoms with Crippen molar-refractivity contribution in [2.45, 2.75) is 20.3 Å². The molecule has 0 aliphatic heterocycles. The summed E-state index contributed by atoms with van der Waals surface area (Å²) in [6, 6.07) is 5.31. The van der Waals surface area contributed by atoms with E-state index in [0.717, 1.165) is 5.56 Å². The minimum atomic E-state index is 0.0150. The second kappa shape index (κ2) is 4.83. The zero-order valence-corrected chi connectivity index (χ0v) is 8.98. The molecule has 0 aromatic heterocycles. The molecule has 72 valence electrons. The number of hydrogen-bond acceptors (Lipinski definition) is 1. The van der Waals surface area contributed by atoms with E-state index in [9.17, 15) is 4.79 Å². The predicted molar refractivity (Wildman–Crippen MR) is 58.6 cm³/mol. The van der Waals surface area contributed by atoms with Crippen molar-refractivity contribution in [2.24, 2.45) is 0 Å². The molecule has 0 aliphatic carbocycles. The highest BCUT2D eigenvalue weighted by atomic mass is 35.5. The first-order valence-electron chi connectivity index (χ1n) is 4.34. The van der Waals surface area contributed by atoms with Crippen LogP contribution in [-0.2, 0) is 0 Å². The van der Waals surface area contributed by atoms with E-state index < -0.39 is 0 Å². The van der Waals surface area contributed by atoms with Gasteiger partial charge in [0.05, 0.1) is 6.42 Å². The van der Waals surface area contributed by atoms with Crippen molar-refractivity contribution in [1.82, 2.24) is 0 Å². The van der Waals surface area contributed by atoms with E-state index in [0.29, 0.717) is 10.6 Å². The first-order chi connectivity index (χ1) is 6.65. The highest BCUT2D eigenvalue weighted by molar-refractivity contribution is 6.31. The van der Waals surface area contributed by atoms with Crippen molar-refractivity contribution < 1.29 is 4.79 Å². The van der Waals surface area contributed by atoms with Gasteiger partial charge in [-0.3, -0.25) is 4.79 Å². The van der Waals surface area contributed by atoms with E-state index in [1.165, 1.54) is 0 Å². The lowest BCUT2D eigenvalue weighted by Crippen LogP contribution is -1.97. The molecule has 0 unspecified atom stereocenters. The van der Waals surface area contributed by atoms with E-state index in [-0.39, 0.29) is 12.2 Å². The van der Waals surface area contributed by atoms with Crippen LogP contribution in [0.4, 0.5) is 0 Å². The van der Waals surface area contributed by atoms with Gasteiger partial charge in [0.25, 0.3) is 0 Å². The molecule has 1 rings (SSSR count). The van der Waals surface area contributed by atoms with Gasteiger partial charge in [-0.1, -0.05) is 29.7 Å². The summed E-state index contributed by atoms with van der Waals surface area (Å²) >= 11 is 5.90. The van der Waals surface area contributed by atoms with Gasteiger partial charge in [0, 0.05) is 10.6 Å². The standard InChI is InChI=1S/C12H11ClO/c1-3-4-5-12(14)10-7-6-9(2)11(13)8-10/h6-8H,5H2,1-2H3. The Balaban J connectivity index is 2.89. The average Bonchev–Trinajstić information content (AvgIpc) is 2.18. The molecular weight excluding hydrogens is 196 g/mol. The normalized spacial score (nSPS) is 9.07. The summed E-state index contributed by atoms with van der Waals surface area (Å²) in [7, 11) is 0. The Morgan fingerprint density at radius 2 is 2.21 bits per heavy atom. The predicted octanol–water partition coefficient (Wildman–Crippen LogP) is 3.24. The summed E-state index contributed by atoms with van der Waals surface area (Å²) in [4.78, 5) is 11.5. The van der Waals surface area contributed by atoms with Crippen molar-refractivity contribution in [2.75, 3.05) is 0 Å². The average molecular weight is 207 g/mol. The van der Waals surface area contributed by atoms with E-state index >= 15 is 0 Å². The Labute approximate surface area is 89.1 Å². The summed E-state index contributed by atoms with van der Waals surface area (Å²) in [6.07, 6.45) is 0.260. The van der Waals surface area contributed by atoms with Gasteiger partial charge in [-0.05, 0) is 25.5 Å². The lowest BCUT2D eigenvalue weighted by molar-refractivity contribution is 0.0998. The van der Waals surface area contributed by atoms with Crippen molar-refractivity contribution in [3.05, 3.63) is 34.3 Å². The van der Waals surface area contributed by atoms with Crippen LogP contribution < -0.4 is 0 Å². The van der Waals surface area contributed by atoms with Crippen LogP contribution in [-0.4, -0.2) is 5.78 Å². The van der Waals surface area contributed by atoms with Crippen LogP contribution >= 0.6 is 11.6 Å². The maximum atomic E-state index is 11.5. The third kappa shape index (κ3) is 2.61. The van der Waals surface area contributed by atoms with Gasteiger partial charge in [-0.2, -0.15) is 0 Å². The van der Waals surface area contributed by atoms with Gasteiger partial charge >= 0.3 is 0 Å². The monoisotopic (exact) mass is 206 g/mol. The number of carbonyl (C=O) groups is 1. The zero-order chi connectivity index (χ0) is 10.6. The molecule has 1 nitrogen and oxygen atoms in total. The molecule has 1 aromatic rings. The SMILES string of the molecule is CC#CCC(=O)c1ccc(C)c(Cl)c1. The van der Waals surface area contributed by atoms with Crippen LogP contribution in [0, 0.1) is 18.8 Å². The van der Waals surface area contributed by atoms with Gasteiger partial charge in [-0.25, -0.2) is 0 Å². The fourth-order valence-corrected chi connectivity index (χ4v) is 1.22. The van der Waals surface area contributed by atoms with E-state index in [2.05, 4.69) is 11.8 Å². The molecule has 0 N–H and O–H groups in total. The molecule has 0 amide bonds. The van der Waals surface area contributed by atoms with Crippen LogP contribution in [0.25, 0.3) is 0 Å². The van der Waals surface area contributed by atoms with E-state index in [4.69, 9.17) is 11.6 Å². The number of halogens is 1. The van der Waals surface area contributed by atoms with Gasteiger partial charge in [0.15, 0.2) is 5.78 Å². The van der Waals surface area contributed by atoms with Crippen molar-refractivity contribution in [1.29, 1.82) is 0 Å². The second-order valence-electron chi connectivity index (χ2n) is 2.99. The smallest absolute Gasteiger partial charge is 0.174 e. The van der Waals surface area contributed by atoms with Gasteiger partial charge in [0.1, 0.15) is 0 Å². The molecule has 0 radical (unpaired) electrons. The Hall–Kier alpha value is -1.26. The molecular formula is C12H11ClO. The molecule has 0 saturated carbocycles. The fourth-order valence-electron chi connectivity index (χ4n) is 1.04. The summed E-state index contributed by atoms with van der Waals surface area (Å²) in [6.45, 7) is 3.62. The third-order valence-corrected chi connectivity index (χ3v) is 2.33. The summed E-state index contributed by atoms with van der Waals surface area (Å²) in [5.41, 5.74) is 1.60. The number of hydrogen-bond donors (Lipinski definition) is 0. The van der Waals surface area contributed by atoms with Gasteiger partial charge in [-0.15, -0.1) is 5.92 Å². The Morgan fingerprint density at radius 3 is 2.79 bits per heavy atom. The Kier molecular flexibility index (Phi) is 3.73. The highest BCUT2D eigenvalue weighted by Crippen LogP contribution is 2.17. The largest absolute Gasteiger partial charge is 0.293 e. The summed E-state index contributed by atoms with van der Waals surface area (Å²) < 4.78 is 0. The first kappa shape index (κ1) is 10.8. The molecule has 0 bridgehead atoms. The van der Waals surface area contributed by atoms with Crippen molar-refractivity contribution in [3.63, 3.8) is 0 Å². The van der Waals surface area contributed by atoms with Crippen LogP contribution in [0.2, 0.25) is 5.02 Å². The molecule has 14 heavy (non-hydrogen) atoms. The maximum absolute atomic E-state index is 11.5. The number of Topliss-reactive ketones (excluding diaryl/α,β-unsaturated/α-hetero) is 1. The molecule has 0 fully saturated rings. The highest BCUT2D eigenvalue weighted by Gasteiger charge is 2.05.